The van der Waals surface area contributed by atoms with Crippen molar-refractivity contribution in [2.45, 2.75) is 12.5 Å². The zero-order valence-electron chi connectivity index (χ0n) is 10.5. The largest absolute Gasteiger partial charge is 0.398 e. The highest BCUT2D eigenvalue weighted by Gasteiger charge is 2.15. The molecule has 2 aromatic rings. The molecule has 100 valence electrons. The summed E-state index contributed by atoms with van der Waals surface area (Å²) in [5, 5.41) is 3.60. The monoisotopic (exact) mass is 279 g/mol. The summed E-state index contributed by atoms with van der Waals surface area (Å²) in [5.41, 5.74) is 8.39. The van der Waals surface area contributed by atoms with Gasteiger partial charge in [-0.25, -0.2) is 4.39 Å². The van der Waals surface area contributed by atoms with Crippen molar-refractivity contribution in [3.05, 3.63) is 58.6 Å². The van der Waals surface area contributed by atoms with E-state index in [1.54, 1.807) is 24.5 Å². The van der Waals surface area contributed by atoms with E-state index in [0.29, 0.717) is 17.1 Å². The Morgan fingerprint density at radius 2 is 2.21 bits per heavy atom. The lowest BCUT2D eigenvalue weighted by Crippen LogP contribution is -2.20. The van der Waals surface area contributed by atoms with Crippen LogP contribution < -0.4 is 11.1 Å². The lowest BCUT2D eigenvalue weighted by Gasteiger charge is -2.18. The number of nitrogens with two attached hydrogens (primary N) is 1. The number of halogens is 2. The van der Waals surface area contributed by atoms with Crippen molar-refractivity contribution in [2.75, 3.05) is 12.8 Å². The number of rotatable bonds is 4. The van der Waals surface area contributed by atoms with Crippen molar-refractivity contribution < 1.29 is 4.39 Å². The van der Waals surface area contributed by atoms with E-state index in [-0.39, 0.29) is 11.9 Å². The Morgan fingerprint density at radius 1 is 1.42 bits per heavy atom. The molecule has 0 saturated heterocycles. The predicted octanol–water partition coefficient (Wildman–Crippen LogP) is 2.96. The summed E-state index contributed by atoms with van der Waals surface area (Å²) in [6.45, 7) is 0. The number of hydrogen-bond donors (Lipinski definition) is 2. The van der Waals surface area contributed by atoms with Crippen LogP contribution in [0.25, 0.3) is 0 Å². The standard InChI is InChI=1S/C14H15ClFN3/c1-18-14(11-8-19-5-4-13(11)17)6-9-2-3-10(16)7-12(9)15/h2-5,7-8,14,18H,6H2,1H3,(H2,17,19). The van der Waals surface area contributed by atoms with Crippen LogP contribution in [0.5, 0.6) is 0 Å². The van der Waals surface area contributed by atoms with Crippen LogP contribution in [0.3, 0.4) is 0 Å². The van der Waals surface area contributed by atoms with Crippen LogP contribution >= 0.6 is 11.6 Å². The van der Waals surface area contributed by atoms with Crippen LogP contribution in [-0.2, 0) is 6.42 Å². The molecule has 0 aliphatic carbocycles. The van der Waals surface area contributed by atoms with Gasteiger partial charge in [0.15, 0.2) is 0 Å². The number of benzene rings is 1. The van der Waals surface area contributed by atoms with Gasteiger partial charge in [0, 0.05) is 34.7 Å². The molecule has 0 radical (unpaired) electrons. The van der Waals surface area contributed by atoms with Crippen LogP contribution in [-0.4, -0.2) is 12.0 Å². The van der Waals surface area contributed by atoms with Crippen molar-refractivity contribution in [1.29, 1.82) is 0 Å². The number of anilines is 1. The number of nitrogens with one attached hydrogen (secondary N) is 1. The highest BCUT2D eigenvalue weighted by molar-refractivity contribution is 6.31. The summed E-state index contributed by atoms with van der Waals surface area (Å²) >= 11 is 6.04. The van der Waals surface area contributed by atoms with Crippen molar-refractivity contribution in [2.24, 2.45) is 0 Å². The normalized spacial score (nSPS) is 12.4. The quantitative estimate of drug-likeness (QED) is 0.905. The van der Waals surface area contributed by atoms with Crippen LogP contribution in [0, 0.1) is 5.82 Å². The molecular weight excluding hydrogens is 265 g/mol. The number of nitrogens with zero attached hydrogens (tertiary/aromatic N) is 1. The second-order valence-electron chi connectivity index (χ2n) is 4.29. The number of aromatic nitrogens is 1. The molecule has 5 heteroatoms. The highest BCUT2D eigenvalue weighted by Crippen LogP contribution is 2.26. The molecule has 0 amide bonds. The molecule has 1 aromatic carbocycles. The zero-order chi connectivity index (χ0) is 13.8. The Kier molecular flexibility index (Phi) is 4.35. The summed E-state index contributed by atoms with van der Waals surface area (Å²) in [6, 6.07) is 6.15. The molecule has 3 N–H and O–H groups in total. The Labute approximate surface area is 116 Å². The van der Waals surface area contributed by atoms with Crippen LogP contribution in [0.15, 0.2) is 36.7 Å². The van der Waals surface area contributed by atoms with E-state index >= 15 is 0 Å². The minimum Gasteiger partial charge on any atom is -0.398 e. The molecule has 0 saturated carbocycles. The first-order chi connectivity index (χ1) is 9.11. The summed E-state index contributed by atoms with van der Waals surface area (Å²) in [4.78, 5) is 4.08. The third kappa shape index (κ3) is 3.22. The Morgan fingerprint density at radius 3 is 2.84 bits per heavy atom. The molecular formula is C14H15ClFN3. The third-order valence-electron chi connectivity index (χ3n) is 3.05. The number of nitrogen functional groups attached to an aromatic ring is 1. The Balaban J connectivity index is 2.27. The first kappa shape index (κ1) is 13.8. The molecule has 0 aliphatic heterocycles. The SMILES string of the molecule is CNC(Cc1ccc(F)cc1Cl)c1cnccc1N. The van der Waals surface area contributed by atoms with Gasteiger partial charge in [0.1, 0.15) is 5.82 Å². The van der Waals surface area contributed by atoms with Crippen LogP contribution in [0.2, 0.25) is 5.02 Å². The molecule has 1 aromatic heterocycles. The van der Waals surface area contributed by atoms with Gasteiger partial charge in [-0.1, -0.05) is 17.7 Å². The molecule has 1 heterocycles. The molecule has 0 fully saturated rings. The van der Waals surface area contributed by atoms with Gasteiger partial charge in [-0.2, -0.15) is 0 Å². The van der Waals surface area contributed by atoms with Gasteiger partial charge in [-0.3, -0.25) is 4.98 Å². The third-order valence-corrected chi connectivity index (χ3v) is 3.40. The highest BCUT2D eigenvalue weighted by atomic mass is 35.5. The average Bonchev–Trinajstić information content (AvgIpc) is 2.39. The van der Waals surface area contributed by atoms with E-state index in [9.17, 15) is 4.39 Å². The number of likely N-dealkylation sites (N-methyl/N-ethyl adjacent to an activating group) is 1. The second kappa shape index (κ2) is 5.99. The summed E-state index contributed by atoms with van der Waals surface area (Å²) in [7, 11) is 1.84. The van der Waals surface area contributed by atoms with E-state index in [1.165, 1.54) is 12.1 Å². The lowest BCUT2D eigenvalue weighted by molar-refractivity contribution is 0.589. The fourth-order valence-corrected chi connectivity index (χ4v) is 2.23. The summed E-state index contributed by atoms with van der Waals surface area (Å²) < 4.78 is 13.0. The lowest BCUT2D eigenvalue weighted by atomic mass is 9.99. The number of hydrogen-bond acceptors (Lipinski definition) is 3. The Bertz CT molecular complexity index is 574. The first-order valence-electron chi connectivity index (χ1n) is 5.92. The minimum atomic E-state index is -0.337. The predicted molar refractivity (Wildman–Crippen MR) is 75.6 cm³/mol. The first-order valence-corrected chi connectivity index (χ1v) is 6.30. The van der Waals surface area contributed by atoms with Gasteiger partial charge in [-0.05, 0) is 37.2 Å². The maximum absolute atomic E-state index is 13.0. The van der Waals surface area contributed by atoms with Crippen molar-refractivity contribution in [3.63, 3.8) is 0 Å². The molecule has 0 bridgehead atoms. The smallest absolute Gasteiger partial charge is 0.124 e. The maximum atomic E-state index is 13.0. The van der Waals surface area contributed by atoms with Crippen molar-refractivity contribution >= 4 is 17.3 Å². The van der Waals surface area contributed by atoms with E-state index in [1.807, 2.05) is 7.05 Å². The molecule has 1 atom stereocenters. The second-order valence-corrected chi connectivity index (χ2v) is 4.69. The fourth-order valence-electron chi connectivity index (χ4n) is 1.98. The molecule has 0 spiro atoms. The van der Waals surface area contributed by atoms with Gasteiger partial charge < -0.3 is 11.1 Å². The molecule has 19 heavy (non-hydrogen) atoms. The van der Waals surface area contributed by atoms with Crippen LogP contribution in [0.1, 0.15) is 17.2 Å². The Hall–Kier alpha value is -1.65. The van der Waals surface area contributed by atoms with Gasteiger partial charge >= 0.3 is 0 Å². The zero-order valence-corrected chi connectivity index (χ0v) is 11.3. The van der Waals surface area contributed by atoms with E-state index in [4.69, 9.17) is 17.3 Å². The summed E-state index contributed by atoms with van der Waals surface area (Å²) in [5.74, 6) is -0.337. The average molecular weight is 280 g/mol. The van der Waals surface area contributed by atoms with Gasteiger partial charge in [0.25, 0.3) is 0 Å². The van der Waals surface area contributed by atoms with E-state index < -0.39 is 0 Å². The minimum absolute atomic E-state index is 0.0170. The van der Waals surface area contributed by atoms with Crippen LogP contribution in [0.4, 0.5) is 10.1 Å². The van der Waals surface area contributed by atoms with Gasteiger partial charge in [0.05, 0.1) is 0 Å². The molecule has 0 aliphatic rings. The fraction of sp³-hybridized carbons (Fsp3) is 0.214. The van der Waals surface area contributed by atoms with Gasteiger partial charge in [0.2, 0.25) is 0 Å². The molecule has 3 nitrogen and oxygen atoms in total. The topological polar surface area (TPSA) is 50.9 Å². The van der Waals surface area contributed by atoms with Gasteiger partial charge in [-0.15, -0.1) is 0 Å². The van der Waals surface area contributed by atoms with E-state index in [2.05, 4.69) is 10.3 Å². The number of pyridine rings is 1. The summed E-state index contributed by atoms with van der Waals surface area (Å²) in [6.07, 6.45) is 4.00. The van der Waals surface area contributed by atoms with Crippen molar-refractivity contribution in [3.8, 4) is 0 Å². The molecule has 2 rings (SSSR count). The maximum Gasteiger partial charge on any atom is 0.124 e. The molecule has 1 unspecified atom stereocenters. The van der Waals surface area contributed by atoms with E-state index in [0.717, 1.165) is 11.1 Å². The van der Waals surface area contributed by atoms with Crippen molar-refractivity contribution in [1.82, 2.24) is 10.3 Å².